The molecule has 2 aromatic heterocycles. The summed E-state index contributed by atoms with van der Waals surface area (Å²) in [4.78, 5) is 2.27. The zero-order valence-electron chi connectivity index (χ0n) is 33.9. The molecule has 2 heterocycles. The summed E-state index contributed by atoms with van der Waals surface area (Å²) in [5.74, 6) is 0. The Bertz CT molecular complexity index is 3830. The maximum atomic E-state index is 11.2. The zero-order valence-corrected chi connectivity index (χ0v) is 33.9. The molecule has 0 atom stereocenters. The van der Waals surface area contributed by atoms with Crippen LogP contribution in [-0.2, 0) is 0 Å². The number of benzene rings is 10. The Morgan fingerprint density at radius 3 is 1.30 bits per heavy atom. The predicted octanol–water partition coefficient (Wildman–Crippen LogP) is 15.1. The highest BCUT2D eigenvalue weighted by Gasteiger charge is 2.24. The van der Waals surface area contributed by atoms with Gasteiger partial charge in [-0.2, -0.15) is 10.5 Å². The second-order valence-corrected chi connectivity index (χ2v) is 15.9. The fourth-order valence-electron chi connectivity index (χ4n) is 9.76. The van der Waals surface area contributed by atoms with Crippen LogP contribution in [-0.4, -0.2) is 9.13 Å². The molecule has 292 valence electrons. The van der Waals surface area contributed by atoms with Crippen LogP contribution < -0.4 is 4.90 Å². The van der Waals surface area contributed by atoms with Crippen molar-refractivity contribution in [2.45, 2.75) is 0 Å². The molecular formula is C58H35N5. The summed E-state index contributed by atoms with van der Waals surface area (Å²) in [7, 11) is 0. The highest BCUT2D eigenvalue weighted by molar-refractivity contribution is 6.23. The number of nitrogens with zero attached hydrogens (tertiary/aromatic N) is 5. The third-order valence-electron chi connectivity index (χ3n) is 12.5. The van der Waals surface area contributed by atoms with Crippen LogP contribution in [0.4, 0.5) is 17.1 Å². The Balaban J connectivity index is 1.12. The van der Waals surface area contributed by atoms with Crippen LogP contribution in [0, 0.1) is 22.7 Å². The van der Waals surface area contributed by atoms with Gasteiger partial charge in [-0.3, -0.25) is 0 Å². The predicted molar refractivity (Wildman–Crippen MR) is 260 cm³/mol. The highest BCUT2D eigenvalue weighted by Crippen LogP contribution is 2.44. The van der Waals surface area contributed by atoms with Gasteiger partial charge in [-0.15, -0.1) is 0 Å². The van der Waals surface area contributed by atoms with E-state index in [0.29, 0.717) is 22.5 Å². The van der Waals surface area contributed by atoms with Crippen LogP contribution in [0.25, 0.3) is 87.7 Å². The standard InChI is InChI=1S/C58H35N5/c59-36-42-34-56(43(37-60)33-55(42)62-51-28-26-41(38-14-4-1-5-15-38)32-49(51)57-47-22-12-10-16-39(47)24-29-53(57)62)63-52-31-27-46(61(44-18-6-2-7-19-44)45-20-8-3-9-21-45)35-50(52)58-48-23-13-11-17-40(48)25-30-54(58)63/h1-35H. The second kappa shape index (κ2) is 14.4. The molecule has 0 radical (unpaired) electrons. The number of fused-ring (bicyclic) bond motifs is 10. The fraction of sp³-hybridized carbons (Fsp3) is 0. The van der Waals surface area contributed by atoms with Gasteiger partial charge in [0.1, 0.15) is 12.1 Å². The maximum absolute atomic E-state index is 11.2. The SMILES string of the molecule is N#Cc1cc(-n2c3ccc(N(c4ccccc4)c4ccccc4)cc3c3c4ccccc4ccc32)c(C#N)cc1-n1c2ccc(-c3ccccc3)cc2c2c3ccccc3ccc21. The zero-order chi connectivity index (χ0) is 42.0. The van der Waals surface area contributed by atoms with E-state index in [9.17, 15) is 10.5 Å². The van der Waals surface area contributed by atoms with Gasteiger partial charge in [-0.05, 0) is 112 Å². The van der Waals surface area contributed by atoms with E-state index in [0.717, 1.165) is 93.3 Å². The van der Waals surface area contributed by atoms with Gasteiger partial charge in [0, 0.05) is 38.6 Å². The number of aromatic nitrogens is 2. The molecule has 0 aliphatic carbocycles. The molecule has 0 aliphatic rings. The van der Waals surface area contributed by atoms with Crippen molar-refractivity contribution in [2.75, 3.05) is 4.90 Å². The van der Waals surface area contributed by atoms with Crippen LogP contribution in [0.3, 0.4) is 0 Å². The van der Waals surface area contributed by atoms with Crippen molar-refractivity contribution in [3.8, 4) is 34.6 Å². The topological polar surface area (TPSA) is 60.7 Å². The first-order chi connectivity index (χ1) is 31.2. The van der Waals surface area contributed by atoms with Gasteiger partial charge in [0.2, 0.25) is 0 Å². The van der Waals surface area contributed by atoms with Gasteiger partial charge < -0.3 is 14.0 Å². The normalized spacial score (nSPS) is 11.5. The summed E-state index contributed by atoms with van der Waals surface area (Å²) in [6.07, 6.45) is 0. The van der Waals surface area contributed by atoms with Crippen molar-refractivity contribution in [2.24, 2.45) is 0 Å². The largest absolute Gasteiger partial charge is 0.310 e. The number of para-hydroxylation sites is 2. The van der Waals surface area contributed by atoms with Gasteiger partial charge in [-0.1, -0.05) is 133 Å². The number of rotatable bonds is 6. The van der Waals surface area contributed by atoms with Crippen LogP contribution in [0.15, 0.2) is 212 Å². The van der Waals surface area contributed by atoms with Crippen molar-refractivity contribution in [3.05, 3.63) is 223 Å². The minimum atomic E-state index is 0.465. The van der Waals surface area contributed by atoms with E-state index in [1.165, 1.54) is 0 Å². The molecule has 10 aromatic carbocycles. The van der Waals surface area contributed by atoms with E-state index in [-0.39, 0.29) is 0 Å². The van der Waals surface area contributed by atoms with Gasteiger partial charge in [0.05, 0.1) is 44.6 Å². The first kappa shape index (κ1) is 36.0. The van der Waals surface area contributed by atoms with E-state index >= 15 is 0 Å². The van der Waals surface area contributed by atoms with Gasteiger partial charge in [-0.25, -0.2) is 0 Å². The van der Waals surface area contributed by atoms with Gasteiger partial charge in [0.25, 0.3) is 0 Å². The van der Waals surface area contributed by atoms with Crippen molar-refractivity contribution >= 4 is 82.2 Å². The first-order valence-corrected chi connectivity index (χ1v) is 21.0. The molecule has 0 bridgehead atoms. The van der Waals surface area contributed by atoms with E-state index in [4.69, 9.17) is 0 Å². The lowest BCUT2D eigenvalue weighted by Crippen LogP contribution is -2.09. The quantitative estimate of drug-likeness (QED) is 0.168. The van der Waals surface area contributed by atoms with Gasteiger partial charge in [0.15, 0.2) is 0 Å². The Kier molecular flexibility index (Phi) is 8.22. The number of anilines is 3. The van der Waals surface area contributed by atoms with Crippen LogP contribution >= 0.6 is 0 Å². The van der Waals surface area contributed by atoms with Crippen molar-refractivity contribution in [1.29, 1.82) is 10.5 Å². The summed E-state index contributed by atoms with van der Waals surface area (Å²) < 4.78 is 4.34. The van der Waals surface area contributed by atoms with Crippen LogP contribution in [0.1, 0.15) is 11.1 Å². The molecule has 0 saturated heterocycles. The van der Waals surface area contributed by atoms with E-state index in [1.54, 1.807) is 0 Å². The number of hydrogen-bond acceptors (Lipinski definition) is 3. The Morgan fingerprint density at radius 1 is 0.333 bits per heavy atom. The molecule has 12 rings (SSSR count). The average Bonchev–Trinajstić information content (AvgIpc) is 3.87. The molecule has 0 N–H and O–H groups in total. The van der Waals surface area contributed by atoms with E-state index < -0.39 is 0 Å². The molecule has 63 heavy (non-hydrogen) atoms. The third kappa shape index (κ3) is 5.62. The van der Waals surface area contributed by atoms with Crippen molar-refractivity contribution < 1.29 is 0 Å². The third-order valence-corrected chi connectivity index (χ3v) is 12.5. The molecule has 0 fully saturated rings. The molecule has 0 amide bonds. The lowest BCUT2D eigenvalue weighted by Gasteiger charge is -2.25. The average molecular weight is 802 g/mol. The molecular weight excluding hydrogens is 767 g/mol. The molecule has 0 spiro atoms. The van der Waals surface area contributed by atoms with Gasteiger partial charge >= 0.3 is 0 Å². The lowest BCUT2D eigenvalue weighted by atomic mass is 10.0. The molecule has 0 saturated carbocycles. The number of hydrogen-bond donors (Lipinski definition) is 0. The summed E-state index contributed by atoms with van der Waals surface area (Å²) in [5, 5.41) is 31.1. The highest BCUT2D eigenvalue weighted by atomic mass is 15.1. The Hall–Kier alpha value is -8.90. The summed E-state index contributed by atoms with van der Waals surface area (Å²) in [5.41, 5.74) is 11.4. The van der Waals surface area contributed by atoms with Crippen molar-refractivity contribution in [3.63, 3.8) is 0 Å². The summed E-state index contributed by atoms with van der Waals surface area (Å²) in [6, 6.07) is 78.8. The molecule has 5 heteroatoms. The molecule has 0 unspecified atom stereocenters. The van der Waals surface area contributed by atoms with Crippen LogP contribution in [0.2, 0.25) is 0 Å². The van der Waals surface area contributed by atoms with Crippen molar-refractivity contribution in [1.82, 2.24) is 9.13 Å². The lowest BCUT2D eigenvalue weighted by molar-refractivity contribution is 1.12. The fourth-order valence-corrected chi connectivity index (χ4v) is 9.76. The maximum Gasteiger partial charge on any atom is 0.101 e. The smallest absolute Gasteiger partial charge is 0.101 e. The van der Waals surface area contributed by atoms with Crippen LogP contribution in [0.5, 0.6) is 0 Å². The molecule has 12 aromatic rings. The molecule has 5 nitrogen and oxygen atoms in total. The second-order valence-electron chi connectivity index (χ2n) is 15.9. The minimum Gasteiger partial charge on any atom is -0.310 e. The number of nitriles is 2. The first-order valence-electron chi connectivity index (χ1n) is 21.0. The van der Waals surface area contributed by atoms with E-state index in [2.05, 4.69) is 208 Å². The monoisotopic (exact) mass is 801 g/mol. The van der Waals surface area contributed by atoms with E-state index in [1.807, 2.05) is 30.3 Å². The molecule has 0 aliphatic heterocycles. The summed E-state index contributed by atoms with van der Waals surface area (Å²) in [6.45, 7) is 0. The summed E-state index contributed by atoms with van der Waals surface area (Å²) >= 11 is 0. The Labute approximate surface area is 363 Å². The minimum absolute atomic E-state index is 0.465. The Morgan fingerprint density at radius 2 is 0.778 bits per heavy atom.